The van der Waals surface area contributed by atoms with Crippen LogP contribution in [0.15, 0.2) is 36.4 Å². The van der Waals surface area contributed by atoms with Gasteiger partial charge in [-0.3, -0.25) is 4.79 Å². The van der Waals surface area contributed by atoms with Crippen molar-refractivity contribution >= 4 is 5.97 Å². The molecule has 2 rings (SSSR count). The molecule has 0 saturated carbocycles. The van der Waals surface area contributed by atoms with Crippen LogP contribution in [0.2, 0.25) is 0 Å². The third kappa shape index (κ3) is 3.58. The highest BCUT2D eigenvalue weighted by atomic mass is 16.5. The molecule has 0 aliphatic carbocycles. The molecule has 0 spiro atoms. The van der Waals surface area contributed by atoms with E-state index in [1.165, 1.54) is 0 Å². The number of methoxy groups -OCH3 is 2. The van der Waals surface area contributed by atoms with Crippen LogP contribution in [0, 0.1) is 6.92 Å². The van der Waals surface area contributed by atoms with Gasteiger partial charge in [0.2, 0.25) is 0 Å². The summed E-state index contributed by atoms with van der Waals surface area (Å²) in [6.45, 7) is 2.01. The number of aryl methyl sites for hydroxylation is 2. The van der Waals surface area contributed by atoms with E-state index in [9.17, 15) is 4.79 Å². The molecular weight excluding hydrogens is 280 g/mol. The molecule has 2 aromatic carbocycles. The molecule has 0 saturated heterocycles. The van der Waals surface area contributed by atoms with Crippen molar-refractivity contribution in [3.63, 3.8) is 0 Å². The van der Waals surface area contributed by atoms with Gasteiger partial charge < -0.3 is 14.6 Å². The molecule has 1 N–H and O–H groups in total. The molecule has 116 valence electrons. The number of carboxylic acid groups (broad SMARTS) is 1. The van der Waals surface area contributed by atoms with Crippen molar-refractivity contribution in [2.45, 2.75) is 19.8 Å². The van der Waals surface area contributed by atoms with E-state index in [2.05, 4.69) is 0 Å². The predicted molar refractivity (Wildman–Crippen MR) is 85.7 cm³/mol. The molecule has 0 unspecified atom stereocenters. The van der Waals surface area contributed by atoms with E-state index in [-0.39, 0.29) is 6.42 Å². The Labute approximate surface area is 130 Å². The largest absolute Gasteiger partial charge is 0.496 e. The van der Waals surface area contributed by atoms with E-state index in [0.29, 0.717) is 6.42 Å². The van der Waals surface area contributed by atoms with Crippen LogP contribution in [-0.2, 0) is 11.2 Å². The first kappa shape index (κ1) is 15.9. The van der Waals surface area contributed by atoms with Gasteiger partial charge in [-0.25, -0.2) is 0 Å². The van der Waals surface area contributed by atoms with E-state index in [0.717, 1.165) is 33.8 Å². The Bertz CT molecular complexity index is 677. The number of aliphatic carboxylic acids is 1. The zero-order valence-corrected chi connectivity index (χ0v) is 13.1. The van der Waals surface area contributed by atoms with Gasteiger partial charge in [0.05, 0.1) is 14.2 Å². The van der Waals surface area contributed by atoms with Crippen LogP contribution in [0.3, 0.4) is 0 Å². The van der Waals surface area contributed by atoms with Crippen molar-refractivity contribution in [2.24, 2.45) is 0 Å². The quantitative estimate of drug-likeness (QED) is 0.884. The second-order valence-electron chi connectivity index (χ2n) is 5.13. The number of hydrogen-bond donors (Lipinski definition) is 1. The summed E-state index contributed by atoms with van der Waals surface area (Å²) in [7, 11) is 3.26. The van der Waals surface area contributed by atoms with E-state index < -0.39 is 5.97 Å². The average Bonchev–Trinajstić information content (AvgIpc) is 2.52. The summed E-state index contributed by atoms with van der Waals surface area (Å²) < 4.78 is 10.9. The van der Waals surface area contributed by atoms with E-state index in [4.69, 9.17) is 14.6 Å². The highest BCUT2D eigenvalue weighted by molar-refractivity contribution is 5.77. The van der Waals surface area contributed by atoms with Crippen molar-refractivity contribution in [2.75, 3.05) is 14.2 Å². The normalized spacial score (nSPS) is 10.3. The van der Waals surface area contributed by atoms with Gasteiger partial charge >= 0.3 is 5.97 Å². The standard InChI is InChI=1S/C18H20O4/c1-12-4-7-14(17(10-12)22-3)15-11-13(6-9-18(19)20)5-8-16(15)21-2/h4-5,7-8,10-11H,6,9H2,1-3H3,(H,19,20). The molecule has 4 heteroatoms. The molecule has 0 fully saturated rings. The van der Waals surface area contributed by atoms with Gasteiger partial charge in [-0.15, -0.1) is 0 Å². The lowest BCUT2D eigenvalue weighted by Gasteiger charge is -2.14. The summed E-state index contributed by atoms with van der Waals surface area (Å²) in [4.78, 5) is 10.7. The minimum absolute atomic E-state index is 0.108. The number of hydrogen-bond acceptors (Lipinski definition) is 3. The number of benzene rings is 2. The maximum Gasteiger partial charge on any atom is 0.303 e. The maximum atomic E-state index is 10.7. The van der Waals surface area contributed by atoms with E-state index in [1.54, 1.807) is 14.2 Å². The summed E-state index contributed by atoms with van der Waals surface area (Å²) in [5.74, 6) is 0.709. The molecule has 0 heterocycles. The fraction of sp³-hybridized carbons (Fsp3) is 0.278. The van der Waals surface area contributed by atoms with Crippen molar-refractivity contribution < 1.29 is 19.4 Å². The molecule has 0 radical (unpaired) electrons. The Hall–Kier alpha value is -2.49. The SMILES string of the molecule is COc1cc(C)ccc1-c1cc(CCC(=O)O)ccc1OC. The summed E-state index contributed by atoms with van der Waals surface area (Å²) in [5, 5.41) is 8.83. The fourth-order valence-corrected chi connectivity index (χ4v) is 2.39. The van der Waals surface area contributed by atoms with Crippen LogP contribution in [0.25, 0.3) is 11.1 Å². The highest BCUT2D eigenvalue weighted by Crippen LogP contribution is 2.37. The van der Waals surface area contributed by atoms with Crippen molar-refractivity contribution in [3.05, 3.63) is 47.5 Å². The van der Waals surface area contributed by atoms with Crippen LogP contribution >= 0.6 is 0 Å². The summed E-state index contributed by atoms with van der Waals surface area (Å²) >= 11 is 0. The first-order valence-electron chi connectivity index (χ1n) is 7.09. The first-order chi connectivity index (χ1) is 10.5. The van der Waals surface area contributed by atoms with Crippen molar-refractivity contribution in [1.29, 1.82) is 0 Å². The smallest absolute Gasteiger partial charge is 0.303 e. The molecule has 2 aromatic rings. The van der Waals surface area contributed by atoms with Crippen LogP contribution in [-0.4, -0.2) is 25.3 Å². The average molecular weight is 300 g/mol. The molecule has 4 nitrogen and oxygen atoms in total. The Balaban J connectivity index is 2.48. The number of carboxylic acids is 1. The maximum absolute atomic E-state index is 10.7. The summed E-state index contributed by atoms with van der Waals surface area (Å²) in [5.41, 5.74) is 3.91. The lowest BCUT2D eigenvalue weighted by Crippen LogP contribution is -1.99. The third-order valence-corrected chi connectivity index (χ3v) is 3.54. The molecule has 0 bridgehead atoms. The molecule has 0 aliphatic heterocycles. The molecular formula is C18H20O4. The van der Waals surface area contributed by atoms with Gasteiger partial charge in [0.15, 0.2) is 0 Å². The van der Waals surface area contributed by atoms with Crippen LogP contribution < -0.4 is 9.47 Å². The van der Waals surface area contributed by atoms with Crippen LogP contribution in [0.5, 0.6) is 11.5 Å². The molecule has 0 aliphatic rings. The van der Waals surface area contributed by atoms with E-state index >= 15 is 0 Å². The van der Waals surface area contributed by atoms with Gasteiger partial charge in [-0.05, 0) is 42.7 Å². The highest BCUT2D eigenvalue weighted by Gasteiger charge is 2.12. The van der Waals surface area contributed by atoms with Crippen molar-refractivity contribution in [3.8, 4) is 22.6 Å². The Morgan fingerprint density at radius 2 is 1.73 bits per heavy atom. The summed E-state index contributed by atoms with van der Waals surface area (Å²) in [6, 6.07) is 11.7. The Morgan fingerprint density at radius 3 is 2.36 bits per heavy atom. The summed E-state index contributed by atoms with van der Waals surface area (Å²) in [6.07, 6.45) is 0.595. The Morgan fingerprint density at radius 1 is 1.00 bits per heavy atom. The molecule has 0 amide bonds. The number of carbonyl (C=O) groups is 1. The fourth-order valence-electron chi connectivity index (χ4n) is 2.39. The first-order valence-corrected chi connectivity index (χ1v) is 7.09. The second-order valence-corrected chi connectivity index (χ2v) is 5.13. The topological polar surface area (TPSA) is 55.8 Å². The lowest BCUT2D eigenvalue weighted by atomic mass is 9.98. The van der Waals surface area contributed by atoms with Gasteiger partial charge in [0.25, 0.3) is 0 Å². The zero-order chi connectivity index (χ0) is 16.1. The lowest BCUT2D eigenvalue weighted by molar-refractivity contribution is -0.136. The predicted octanol–water partition coefficient (Wildman–Crippen LogP) is 3.70. The zero-order valence-electron chi connectivity index (χ0n) is 13.1. The van der Waals surface area contributed by atoms with E-state index in [1.807, 2.05) is 43.3 Å². The molecule has 0 aromatic heterocycles. The van der Waals surface area contributed by atoms with Gasteiger partial charge in [-0.2, -0.15) is 0 Å². The molecule has 0 atom stereocenters. The van der Waals surface area contributed by atoms with Gasteiger partial charge in [0, 0.05) is 17.5 Å². The second kappa shape index (κ2) is 6.98. The number of ether oxygens (including phenoxy) is 2. The van der Waals surface area contributed by atoms with Crippen LogP contribution in [0.1, 0.15) is 17.5 Å². The number of rotatable bonds is 6. The van der Waals surface area contributed by atoms with Crippen molar-refractivity contribution in [1.82, 2.24) is 0 Å². The minimum atomic E-state index is -0.801. The monoisotopic (exact) mass is 300 g/mol. The Kier molecular flexibility index (Phi) is 5.04. The minimum Gasteiger partial charge on any atom is -0.496 e. The third-order valence-electron chi connectivity index (χ3n) is 3.54. The van der Waals surface area contributed by atoms with Gasteiger partial charge in [0.1, 0.15) is 11.5 Å². The molecule has 22 heavy (non-hydrogen) atoms. The van der Waals surface area contributed by atoms with Gasteiger partial charge in [-0.1, -0.05) is 18.2 Å². The van der Waals surface area contributed by atoms with Crippen LogP contribution in [0.4, 0.5) is 0 Å².